The van der Waals surface area contributed by atoms with Crippen LogP contribution in [0.5, 0.6) is 0 Å². The smallest absolute Gasteiger partial charge is 0.246 e. The van der Waals surface area contributed by atoms with E-state index >= 15 is 0 Å². The third-order valence-corrected chi connectivity index (χ3v) is 6.13. The molecule has 7 heteroatoms. The average Bonchev–Trinajstić information content (AvgIpc) is 2.86. The van der Waals surface area contributed by atoms with Gasteiger partial charge in [-0.15, -0.1) is 0 Å². The van der Waals surface area contributed by atoms with Gasteiger partial charge >= 0.3 is 0 Å². The van der Waals surface area contributed by atoms with Crippen LogP contribution in [-0.4, -0.2) is 35.4 Å². The normalized spacial score (nSPS) is 19.9. The summed E-state index contributed by atoms with van der Waals surface area (Å²) in [4.78, 5) is 4.26. The van der Waals surface area contributed by atoms with Crippen LogP contribution >= 0.6 is 0 Å². The minimum absolute atomic E-state index is 0.0315. The predicted octanol–water partition coefficient (Wildman–Crippen LogP) is 2.44. The standard InChI is InChI=1S/C16H20FN3O2S/c1-12-10-19(2)16(18-12)13-6-5-9-20(11-13)23(21,22)15-8-4-3-7-14(15)17/h3-4,7-8,10,13H,5-6,9,11H2,1-2H3. The zero-order valence-corrected chi connectivity index (χ0v) is 14.1. The van der Waals surface area contributed by atoms with Crippen molar-refractivity contribution in [1.82, 2.24) is 13.9 Å². The van der Waals surface area contributed by atoms with E-state index in [1.54, 1.807) is 6.07 Å². The van der Waals surface area contributed by atoms with Crippen LogP contribution in [0, 0.1) is 12.7 Å². The molecule has 0 amide bonds. The molecule has 1 atom stereocenters. The number of benzene rings is 1. The van der Waals surface area contributed by atoms with Crippen molar-refractivity contribution in [1.29, 1.82) is 0 Å². The molecule has 3 rings (SSSR count). The van der Waals surface area contributed by atoms with Gasteiger partial charge in [-0.25, -0.2) is 17.8 Å². The van der Waals surface area contributed by atoms with Gasteiger partial charge in [0.05, 0.1) is 5.69 Å². The monoisotopic (exact) mass is 337 g/mol. The molecular weight excluding hydrogens is 317 g/mol. The van der Waals surface area contributed by atoms with Crippen LogP contribution in [0.3, 0.4) is 0 Å². The Bertz CT molecular complexity index is 816. The number of piperidine rings is 1. The highest BCUT2D eigenvalue weighted by atomic mass is 32.2. The summed E-state index contributed by atoms with van der Waals surface area (Å²) >= 11 is 0. The van der Waals surface area contributed by atoms with Crippen LogP contribution in [0.1, 0.15) is 30.3 Å². The average molecular weight is 337 g/mol. The van der Waals surface area contributed by atoms with Crippen molar-refractivity contribution >= 4 is 10.0 Å². The van der Waals surface area contributed by atoms with Crippen molar-refractivity contribution in [2.24, 2.45) is 7.05 Å². The summed E-state index contributed by atoms with van der Waals surface area (Å²) in [6.07, 6.45) is 3.55. The molecule has 1 aromatic heterocycles. The Kier molecular flexibility index (Phi) is 4.25. The summed E-state index contributed by atoms with van der Waals surface area (Å²) in [6.45, 7) is 2.66. The molecule has 2 heterocycles. The summed E-state index contributed by atoms with van der Waals surface area (Å²) in [7, 11) is -1.90. The maximum Gasteiger partial charge on any atom is 0.246 e. The fraction of sp³-hybridized carbons (Fsp3) is 0.438. The third-order valence-electron chi connectivity index (χ3n) is 4.24. The number of hydrogen-bond donors (Lipinski definition) is 0. The number of rotatable bonds is 3. The number of nitrogens with zero attached hydrogens (tertiary/aromatic N) is 3. The molecular formula is C16H20FN3O2S. The highest BCUT2D eigenvalue weighted by Gasteiger charge is 2.33. The lowest BCUT2D eigenvalue weighted by molar-refractivity contribution is 0.305. The molecule has 1 aromatic carbocycles. The molecule has 1 aliphatic heterocycles. The summed E-state index contributed by atoms with van der Waals surface area (Å²) in [6, 6.07) is 5.53. The van der Waals surface area contributed by atoms with Crippen molar-refractivity contribution in [2.45, 2.75) is 30.6 Å². The molecule has 2 aromatic rings. The minimum Gasteiger partial charge on any atom is -0.337 e. The van der Waals surface area contributed by atoms with Crippen LogP contribution in [0.2, 0.25) is 0 Å². The van der Waals surface area contributed by atoms with Crippen molar-refractivity contribution in [3.8, 4) is 0 Å². The Morgan fingerprint density at radius 2 is 2.04 bits per heavy atom. The lowest BCUT2D eigenvalue weighted by Crippen LogP contribution is -2.40. The topological polar surface area (TPSA) is 55.2 Å². The highest BCUT2D eigenvalue weighted by Crippen LogP contribution is 2.30. The number of aryl methyl sites for hydroxylation is 2. The van der Waals surface area contributed by atoms with E-state index in [0.29, 0.717) is 13.1 Å². The Balaban J connectivity index is 1.89. The summed E-state index contributed by atoms with van der Waals surface area (Å²) in [5.41, 5.74) is 0.914. The lowest BCUT2D eigenvalue weighted by Gasteiger charge is -2.31. The van der Waals surface area contributed by atoms with Gasteiger partial charge in [-0.1, -0.05) is 12.1 Å². The van der Waals surface area contributed by atoms with Crippen LogP contribution in [0.15, 0.2) is 35.4 Å². The molecule has 0 N–H and O–H groups in total. The predicted molar refractivity (Wildman–Crippen MR) is 85.1 cm³/mol. The number of sulfonamides is 1. The SMILES string of the molecule is Cc1cn(C)c(C2CCCN(S(=O)(=O)c3ccccc3F)C2)n1. The van der Waals surface area contributed by atoms with Gasteiger partial charge in [0.2, 0.25) is 10.0 Å². The van der Waals surface area contributed by atoms with E-state index in [2.05, 4.69) is 4.98 Å². The summed E-state index contributed by atoms with van der Waals surface area (Å²) in [5, 5.41) is 0. The lowest BCUT2D eigenvalue weighted by atomic mass is 9.99. The maximum absolute atomic E-state index is 13.9. The third kappa shape index (κ3) is 3.03. The van der Waals surface area contributed by atoms with E-state index < -0.39 is 15.8 Å². The van der Waals surface area contributed by atoms with E-state index in [9.17, 15) is 12.8 Å². The molecule has 124 valence electrons. The zero-order chi connectivity index (χ0) is 16.6. The number of aromatic nitrogens is 2. The summed E-state index contributed by atoms with van der Waals surface area (Å²) < 4.78 is 42.7. The number of imidazole rings is 1. The van der Waals surface area contributed by atoms with Gasteiger partial charge in [-0.2, -0.15) is 4.31 Å². The first-order valence-corrected chi connectivity index (χ1v) is 9.08. The van der Waals surface area contributed by atoms with E-state index in [0.717, 1.165) is 24.4 Å². The second-order valence-corrected chi connectivity index (χ2v) is 7.89. The Morgan fingerprint density at radius 1 is 1.30 bits per heavy atom. The molecule has 0 radical (unpaired) electrons. The fourth-order valence-electron chi connectivity index (χ4n) is 3.18. The van der Waals surface area contributed by atoms with E-state index in [1.807, 2.05) is 24.7 Å². The van der Waals surface area contributed by atoms with E-state index in [1.165, 1.54) is 22.5 Å². The van der Waals surface area contributed by atoms with Crippen molar-refractivity contribution in [3.63, 3.8) is 0 Å². The highest BCUT2D eigenvalue weighted by molar-refractivity contribution is 7.89. The first-order chi connectivity index (χ1) is 10.9. The van der Waals surface area contributed by atoms with Gasteiger partial charge in [0, 0.05) is 32.3 Å². The Labute approximate surface area is 135 Å². The molecule has 1 aliphatic rings. The number of halogens is 1. The van der Waals surface area contributed by atoms with Crippen LogP contribution < -0.4 is 0 Å². The van der Waals surface area contributed by atoms with Crippen LogP contribution in [0.25, 0.3) is 0 Å². The molecule has 1 saturated heterocycles. The Morgan fingerprint density at radius 3 is 2.70 bits per heavy atom. The second kappa shape index (κ2) is 6.05. The molecule has 0 bridgehead atoms. The van der Waals surface area contributed by atoms with Gasteiger partial charge in [-0.3, -0.25) is 0 Å². The van der Waals surface area contributed by atoms with E-state index in [4.69, 9.17) is 0 Å². The molecule has 23 heavy (non-hydrogen) atoms. The van der Waals surface area contributed by atoms with Crippen molar-refractivity contribution in [3.05, 3.63) is 47.8 Å². The largest absolute Gasteiger partial charge is 0.337 e. The van der Waals surface area contributed by atoms with Crippen LogP contribution in [-0.2, 0) is 17.1 Å². The molecule has 1 fully saturated rings. The van der Waals surface area contributed by atoms with Gasteiger partial charge in [0.25, 0.3) is 0 Å². The van der Waals surface area contributed by atoms with Crippen molar-refractivity contribution in [2.75, 3.05) is 13.1 Å². The molecule has 0 spiro atoms. The Hall–Kier alpha value is -1.73. The van der Waals surface area contributed by atoms with Gasteiger partial charge in [-0.05, 0) is 31.9 Å². The number of hydrogen-bond acceptors (Lipinski definition) is 3. The van der Waals surface area contributed by atoms with Gasteiger partial charge in [0.15, 0.2) is 0 Å². The summed E-state index contributed by atoms with van der Waals surface area (Å²) in [5.74, 6) is 0.211. The first-order valence-electron chi connectivity index (χ1n) is 7.64. The van der Waals surface area contributed by atoms with Crippen molar-refractivity contribution < 1.29 is 12.8 Å². The van der Waals surface area contributed by atoms with Gasteiger partial charge in [0.1, 0.15) is 16.5 Å². The van der Waals surface area contributed by atoms with Gasteiger partial charge < -0.3 is 4.57 Å². The van der Waals surface area contributed by atoms with E-state index in [-0.39, 0.29) is 10.8 Å². The quantitative estimate of drug-likeness (QED) is 0.864. The molecule has 1 unspecified atom stereocenters. The fourth-order valence-corrected chi connectivity index (χ4v) is 4.77. The molecule has 0 saturated carbocycles. The van der Waals surface area contributed by atoms with Crippen LogP contribution in [0.4, 0.5) is 4.39 Å². The minimum atomic E-state index is -3.82. The maximum atomic E-state index is 13.9. The zero-order valence-electron chi connectivity index (χ0n) is 13.2. The first kappa shape index (κ1) is 16.1. The molecule has 5 nitrogen and oxygen atoms in total. The second-order valence-electron chi connectivity index (χ2n) is 5.98. The molecule has 0 aliphatic carbocycles.